The molecule has 0 spiro atoms. The third-order valence-corrected chi connectivity index (χ3v) is 6.15. The Morgan fingerprint density at radius 2 is 1.66 bits per heavy atom. The van der Waals surface area contributed by atoms with Crippen molar-refractivity contribution in [1.29, 1.82) is 0 Å². The minimum atomic E-state index is -1.00. The largest absolute Gasteiger partial charge is 0.459 e. The summed E-state index contributed by atoms with van der Waals surface area (Å²) < 4.78 is 24.6. The van der Waals surface area contributed by atoms with Gasteiger partial charge in [-0.2, -0.15) is 0 Å². The van der Waals surface area contributed by atoms with E-state index in [0.29, 0.717) is 16.8 Å². The van der Waals surface area contributed by atoms with Gasteiger partial charge < -0.3 is 19.8 Å². The van der Waals surface area contributed by atoms with Crippen LogP contribution in [0.2, 0.25) is 0 Å². The molecule has 1 aliphatic rings. The van der Waals surface area contributed by atoms with Crippen LogP contribution in [0.15, 0.2) is 102 Å². The van der Waals surface area contributed by atoms with Crippen LogP contribution in [0.5, 0.6) is 0 Å². The number of rotatable bonds is 8. The van der Waals surface area contributed by atoms with E-state index < -0.39 is 35.9 Å². The molecule has 0 saturated carbocycles. The number of carbonyl (C=O) groups is 3. The van der Waals surface area contributed by atoms with Gasteiger partial charge in [0.2, 0.25) is 5.91 Å². The number of hydrogen-bond donors (Lipinski definition) is 2. The number of ether oxygens (including phenoxy) is 1. The monoisotopic (exact) mass is 513 g/mol. The van der Waals surface area contributed by atoms with Crippen LogP contribution in [0.25, 0.3) is 0 Å². The van der Waals surface area contributed by atoms with E-state index >= 15 is 0 Å². The number of nitrogens with one attached hydrogen (secondary N) is 2. The summed E-state index contributed by atoms with van der Waals surface area (Å²) in [5.74, 6) is -1.09. The van der Waals surface area contributed by atoms with E-state index in [-0.39, 0.29) is 18.8 Å². The minimum absolute atomic E-state index is 0.00615. The van der Waals surface area contributed by atoms with Gasteiger partial charge in [-0.3, -0.25) is 14.5 Å². The van der Waals surface area contributed by atoms with E-state index in [4.69, 9.17) is 9.15 Å². The number of hydrogen-bond acceptors (Lipinski definition) is 5. The third-order valence-electron chi connectivity index (χ3n) is 6.15. The molecule has 0 aliphatic carbocycles. The highest BCUT2D eigenvalue weighted by atomic mass is 19.1. The normalized spacial score (nSPS) is 16.7. The minimum Gasteiger partial charge on any atom is -0.459 e. The quantitative estimate of drug-likeness (QED) is 0.343. The Morgan fingerprint density at radius 1 is 0.895 bits per heavy atom. The van der Waals surface area contributed by atoms with Crippen LogP contribution >= 0.6 is 0 Å². The molecule has 1 aliphatic heterocycles. The summed E-state index contributed by atoms with van der Waals surface area (Å²) in [6, 6.07) is 24.1. The number of amides is 3. The van der Waals surface area contributed by atoms with Crippen LogP contribution in [0, 0.1) is 5.82 Å². The summed E-state index contributed by atoms with van der Waals surface area (Å²) in [5.41, 5.74) is 2.49. The lowest BCUT2D eigenvalue weighted by Gasteiger charge is -2.24. The van der Waals surface area contributed by atoms with Crippen molar-refractivity contribution in [3.8, 4) is 0 Å². The molecule has 3 amide bonds. The third kappa shape index (κ3) is 5.57. The topological polar surface area (TPSA) is 101 Å². The molecule has 2 unspecified atom stereocenters. The average Bonchev–Trinajstić information content (AvgIpc) is 3.57. The van der Waals surface area contributed by atoms with Crippen LogP contribution in [-0.4, -0.2) is 28.8 Å². The number of cyclic esters (lactones) is 1. The number of benzene rings is 3. The highest BCUT2D eigenvalue weighted by Gasteiger charge is 2.47. The molecule has 0 radical (unpaired) electrons. The first kappa shape index (κ1) is 24.8. The van der Waals surface area contributed by atoms with Crippen molar-refractivity contribution < 1.29 is 27.9 Å². The summed E-state index contributed by atoms with van der Waals surface area (Å²) in [6.45, 7) is 0.260. The summed E-state index contributed by atoms with van der Waals surface area (Å²) in [4.78, 5) is 39.9. The molecule has 2 heterocycles. The highest BCUT2D eigenvalue weighted by molar-refractivity contribution is 6.02. The number of halogens is 1. The predicted molar refractivity (Wildman–Crippen MR) is 136 cm³/mol. The summed E-state index contributed by atoms with van der Waals surface area (Å²) in [6.07, 6.45) is -0.193. The molecule has 1 fully saturated rings. The molecule has 2 N–H and O–H groups in total. The van der Waals surface area contributed by atoms with Crippen molar-refractivity contribution in [3.05, 3.63) is 126 Å². The van der Waals surface area contributed by atoms with Gasteiger partial charge in [-0.15, -0.1) is 0 Å². The lowest BCUT2D eigenvalue weighted by molar-refractivity contribution is -0.126. The van der Waals surface area contributed by atoms with Gasteiger partial charge in [0.05, 0.1) is 12.8 Å². The zero-order chi connectivity index (χ0) is 26.5. The fourth-order valence-corrected chi connectivity index (χ4v) is 4.29. The van der Waals surface area contributed by atoms with Crippen LogP contribution in [0.3, 0.4) is 0 Å². The molecule has 4 aromatic rings. The second-order valence-electron chi connectivity index (χ2n) is 8.76. The van der Waals surface area contributed by atoms with Crippen LogP contribution in [-0.2, 0) is 22.6 Å². The second kappa shape index (κ2) is 11.0. The molecule has 9 heteroatoms. The van der Waals surface area contributed by atoms with Gasteiger partial charge in [-0.25, -0.2) is 9.18 Å². The Kier molecular flexibility index (Phi) is 7.17. The molecule has 2 atom stereocenters. The molecule has 1 saturated heterocycles. The van der Waals surface area contributed by atoms with Gasteiger partial charge in [0.25, 0.3) is 5.91 Å². The maximum absolute atomic E-state index is 13.8. The van der Waals surface area contributed by atoms with E-state index in [1.165, 1.54) is 23.3 Å². The number of anilines is 1. The van der Waals surface area contributed by atoms with Crippen molar-refractivity contribution in [2.45, 2.75) is 25.2 Å². The van der Waals surface area contributed by atoms with Crippen molar-refractivity contribution in [2.75, 3.05) is 5.32 Å². The van der Waals surface area contributed by atoms with Gasteiger partial charge in [0.1, 0.15) is 5.82 Å². The Hall–Kier alpha value is -4.92. The van der Waals surface area contributed by atoms with Gasteiger partial charge in [-0.1, -0.05) is 54.6 Å². The molecule has 1 aromatic heterocycles. The van der Waals surface area contributed by atoms with Gasteiger partial charge >= 0.3 is 6.09 Å². The maximum atomic E-state index is 13.8. The van der Waals surface area contributed by atoms with E-state index in [9.17, 15) is 18.8 Å². The molecule has 0 bridgehead atoms. The van der Waals surface area contributed by atoms with Crippen molar-refractivity contribution in [3.63, 3.8) is 0 Å². The summed E-state index contributed by atoms with van der Waals surface area (Å²) in [5, 5.41) is 5.61. The SMILES string of the molecule is O=C(Nc1ccc(C2OC(=O)N(Cc3cccc(F)c3)C2C(=O)NCc2ccccc2)cc1)c1ccco1. The molecule has 3 aromatic carbocycles. The fraction of sp³-hybridized carbons (Fsp3) is 0.138. The van der Waals surface area contributed by atoms with E-state index in [0.717, 1.165) is 5.56 Å². The maximum Gasteiger partial charge on any atom is 0.411 e. The number of nitrogens with zero attached hydrogens (tertiary/aromatic N) is 1. The van der Waals surface area contributed by atoms with Crippen molar-refractivity contribution in [2.24, 2.45) is 0 Å². The highest BCUT2D eigenvalue weighted by Crippen LogP contribution is 2.34. The Labute approximate surface area is 218 Å². The van der Waals surface area contributed by atoms with E-state index in [2.05, 4.69) is 10.6 Å². The summed E-state index contributed by atoms with van der Waals surface area (Å²) >= 11 is 0. The molecular weight excluding hydrogens is 489 g/mol. The second-order valence-corrected chi connectivity index (χ2v) is 8.76. The van der Waals surface area contributed by atoms with Crippen molar-refractivity contribution >= 4 is 23.6 Å². The standard InChI is InChI=1S/C29H24FN3O5/c30-22-9-4-8-20(16-22)18-33-25(28(35)31-17-19-6-2-1-3-7-19)26(38-29(33)36)21-11-13-23(14-12-21)32-27(34)24-10-5-15-37-24/h1-16,25-26H,17-18H2,(H,31,35)(H,32,34). The van der Waals surface area contributed by atoms with Gasteiger partial charge in [0, 0.05) is 12.2 Å². The first-order valence-electron chi connectivity index (χ1n) is 12.0. The molecule has 192 valence electrons. The lowest BCUT2D eigenvalue weighted by Crippen LogP contribution is -2.46. The number of carbonyl (C=O) groups excluding carboxylic acids is 3. The Morgan fingerprint density at radius 3 is 2.37 bits per heavy atom. The average molecular weight is 514 g/mol. The van der Waals surface area contributed by atoms with Crippen LogP contribution in [0.1, 0.15) is 33.3 Å². The molecule has 38 heavy (non-hydrogen) atoms. The zero-order valence-electron chi connectivity index (χ0n) is 20.2. The van der Waals surface area contributed by atoms with Crippen LogP contribution in [0.4, 0.5) is 14.9 Å². The fourth-order valence-electron chi connectivity index (χ4n) is 4.29. The first-order chi connectivity index (χ1) is 18.5. The van der Waals surface area contributed by atoms with E-state index in [1.54, 1.807) is 48.5 Å². The first-order valence-corrected chi connectivity index (χ1v) is 12.0. The van der Waals surface area contributed by atoms with Gasteiger partial charge in [-0.05, 0) is 53.1 Å². The number of furan rings is 1. The smallest absolute Gasteiger partial charge is 0.411 e. The van der Waals surface area contributed by atoms with Crippen LogP contribution < -0.4 is 10.6 Å². The van der Waals surface area contributed by atoms with Crippen molar-refractivity contribution in [1.82, 2.24) is 10.2 Å². The van der Waals surface area contributed by atoms with Gasteiger partial charge in [0.15, 0.2) is 17.9 Å². The van der Waals surface area contributed by atoms with E-state index in [1.807, 2.05) is 30.3 Å². The molecular formula is C29H24FN3O5. The summed E-state index contributed by atoms with van der Waals surface area (Å²) in [7, 11) is 0. The Balaban J connectivity index is 1.37. The molecule has 8 nitrogen and oxygen atoms in total. The molecule has 5 rings (SSSR count). The lowest BCUT2D eigenvalue weighted by atomic mass is 10.00. The Bertz CT molecular complexity index is 1420. The zero-order valence-corrected chi connectivity index (χ0v) is 20.2. The predicted octanol–water partition coefficient (Wildman–Crippen LogP) is 5.05.